The van der Waals surface area contributed by atoms with Crippen LogP contribution in [0.1, 0.15) is 46.6 Å². The molecule has 0 radical (unpaired) electrons. The average Bonchev–Trinajstić information content (AvgIpc) is 3.28. The van der Waals surface area contributed by atoms with Gasteiger partial charge in [-0.25, -0.2) is 0 Å². The third kappa shape index (κ3) is 3.79. The molecule has 2 N–H and O–H groups in total. The summed E-state index contributed by atoms with van der Waals surface area (Å²) in [5.74, 6) is 0.111. The summed E-state index contributed by atoms with van der Waals surface area (Å²) in [7, 11) is 0. The number of hydrogen-bond donors (Lipinski definition) is 2. The quantitative estimate of drug-likeness (QED) is 0.874. The van der Waals surface area contributed by atoms with E-state index in [9.17, 15) is 9.59 Å². The fourth-order valence-corrected chi connectivity index (χ4v) is 3.33. The maximum Gasteiger partial charge on any atom is 0.261 e. The first kappa shape index (κ1) is 15.7. The van der Waals surface area contributed by atoms with E-state index in [-0.39, 0.29) is 23.8 Å². The Morgan fingerprint density at radius 1 is 1.17 bits per heavy atom. The Balaban J connectivity index is 1.63. The lowest BCUT2D eigenvalue weighted by atomic mass is 10.0. The molecule has 0 spiro atoms. The summed E-state index contributed by atoms with van der Waals surface area (Å²) >= 11 is 1.31. The van der Waals surface area contributed by atoms with Gasteiger partial charge in [-0.2, -0.15) is 0 Å². The minimum atomic E-state index is -0.113. The summed E-state index contributed by atoms with van der Waals surface area (Å²) in [5, 5.41) is 6.62. The molecule has 120 valence electrons. The lowest BCUT2D eigenvalue weighted by molar-refractivity contribution is -0.117. The van der Waals surface area contributed by atoms with Gasteiger partial charge in [-0.3, -0.25) is 9.59 Å². The number of anilines is 1. The summed E-state index contributed by atoms with van der Waals surface area (Å²) in [6, 6.07) is 11.5. The Labute approximate surface area is 139 Å². The number of aryl methyl sites for hydroxylation is 1. The SMILES string of the molecule is Cc1ccccc1[C@H](C)NC(=O)c1ccc(NC(=O)C2CC2)s1. The number of nitrogens with one attached hydrogen (secondary N) is 2. The molecule has 2 aromatic rings. The lowest BCUT2D eigenvalue weighted by Gasteiger charge is -2.15. The van der Waals surface area contributed by atoms with Gasteiger partial charge >= 0.3 is 0 Å². The van der Waals surface area contributed by atoms with Gasteiger partial charge < -0.3 is 10.6 Å². The van der Waals surface area contributed by atoms with Crippen molar-refractivity contribution in [2.24, 2.45) is 5.92 Å². The van der Waals surface area contributed by atoms with Gasteiger partial charge in [0, 0.05) is 5.92 Å². The number of rotatable bonds is 5. The Bertz CT molecular complexity index is 734. The predicted molar refractivity (Wildman–Crippen MR) is 92.7 cm³/mol. The number of carbonyl (C=O) groups is 2. The van der Waals surface area contributed by atoms with Crippen LogP contribution in [0.3, 0.4) is 0 Å². The zero-order valence-corrected chi connectivity index (χ0v) is 14.1. The molecule has 5 heteroatoms. The van der Waals surface area contributed by atoms with Crippen molar-refractivity contribution in [2.45, 2.75) is 32.7 Å². The molecule has 1 aliphatic rings. The van der Waals surface area contributed by atoms with Crippen LogP contribution in [0.2, 0.25) is 0 Å². The number of benzene rings is 1. The molecule has 0 saturated heterocycles. The number of carbonyl (C=O) groups excluding carboxylic acids is 2. The van der Waals surface area contributed by atoms with Crippen LogP contribution in [-0.2, 0) is 4.79 Å². The first-order valence-electron chi connectivity index (χ1n) is 7.81. The number of amides is 2. The number of hydrogen-bond acceptors (Lipinski definition) is 3. The van der Waals surface area contributed by atoms with Crippen molar-refractivity contribution in [1.82, 2.24) is 5.32 Å². The molecule has 3 rings (SSSR count). The third-order valence-electron chi connectivity index (χ3n) is 4.03. The molecule has 23 heavy (non-hydrogen) atoms. The molecule has 2 amide bonds. The Morgan fingerprint density at radius 2 is 1.91 bits per heavy atom. The fraction of sp³-hybridized carbons (Fsp3) is 0.333. The molecule has 1 atom stereocenters. The smallest absolute Gasteiger partial charge is 0.261 e. The second-order valence-electron chi connectivity index (χ2n) is 5.98. The van der Waals surface area contributed by atoms with Gasteiger partial charge in [0.25, 0.3) is 5.91 Å². The monoisotopic (exact) mass is 328 g/mol. The summed E-state index contributed by atoms with van der Waals surface area (Å²) < 4.78 is 0. The van der Waals surface area contributed by atoms with E-state index in [0.29, 0.717) is 4.88 Å². The van der Waals surface area contributed by atoms with Crippen molar-refractivity contribution >= 4 is 28.2 Å². The second kappa shape index (κ2) is 6.54. The summed E-state index contributed by atoms with van der Waals surface area (Å²) in [5.41, 5.74) is 2.27. The first-order valence-corrected chi connectivity index (χ1v) is 8.63. The summed E-state index contributed by atoms with van der Waals surface area (Å²) in [6.45, 7) is 4.01. The summed E-state index contributed by atoms with van der Waals surface area (Å²) in [6.07, 6.45) is 1.94. The van der Waals surface area contributed by atoms with Crippen molar-refractivity contribution in [3.63, 3.8) is 0 Å². The van der Waals surface area contributed by atoms with Gasteiger partial charge in [0.2, 0.25) is 5.91 Å². The Hall–Kier alpha value is -2.14. The summed E-state index contributed by atoms with van der Waals surface area (Å²) in [4.78, 5) is 24.7. The molecule has 1 fully saturated rings. The van der Waals surface area contributed by atoms with Gasteiger partial charge in [0.1, 0.15) is 0 Å². The van der Waals surface area contributed by atoms with Crippen LogP contribution in [0, 0.1) is 12.8 Å². The average molecular weight is 328 g/mol. The van der Waals surface area contributed by atoms with E-state index in [2.05, 4.69) is 10.6 Å². The van der Waals surface area contributed by atoms with E-state index in [1.54, 1.807) is 12.1 Å². The molecule has 1 aromatic heterocycles. The van der Waals surface area contributed by atoms with E-state index in [1.807, 2.05) is 38.1 Å². The predicted octanol–water partition coefficient (Wildman–Crippen LogP) is 3.90. The van der Waals surface area contributed by atoms with E-state index in [0.717, 1.165) is 29.0 Å². The zero-order valence-electron chi connectivity index (χ0n) is 13.3. The van der Waals surface area contributed by atoms with Crippen molar-refractivity contribution < 1.29 is 9.59 Å². The van der Waals surface area contributed by atoms with Gasteiger partial charge in [-0.05, 0) is 49.9 Å². The van der Waals surface area contributed by atoms with Crippen molar-refractivity contribution in [2.75, 3.05) is 5.32 Å². The molecule has 1 heterocycles. The Kier molecular flexibility index (Phi) is 4.48. The maximum atomic E-state index is 12.4. The van der Waals surface area contributed by atoms with Crippen molar-refractivity contribution in [3.05, 3.63) is 52.4 Å². The van der Waals surface area contributed by atoms with E-state index >= 15 is 0 Å². The molecule has 1 aliphatic carbocycles. The van der Waals surface area contributed by atoms with Crippen LogP contribution in [0.25, 0.3) is 0 Å². The van der Waals surface area contributed by atoms with Crippen molar-refractivity contribution in [3.8, 4) is 0 Å². The lowest BCUT2D eigenvalue weighted by Crippen LogP contribution is -2.26. The fourth-order valence-electron chi connectivity index (χ4n) is 2.51. The van der Waals surface area contributed by atoms with E-state index < -0.39 is 0 Å². The Morgan fingerprint density at radius 3 is 2.61 bits per heavy atom. The minimum absolute atomic E-state index is 0.0599. The van der Waals surface area contributed by atoms with Crippen molar-refractivity contribution in [1.29, 1.82) is 0 Å². The molecule has 1 saturated carbocycles. The largest absolute Gasteiger partial charge is 0.345 e. The highest BCUT2D eigenvalue weighted by Gasteiger charge is 2.29. The van der Waals surface area contributed by atoms with Crippen LogP contribution >= 0.6 is 11.3 Å². The highest BCUT2D eigenvalue weighted by molar-refractivity contribution is 7.18. The van der Waals surface area contributed by atoms with Crippen LogP contribution in [-0.4, -0.2) is 11.8 Å². The molecular formula is C18H20N2O2S. The highest BCUT2D eigenvalue weighted by Crippen LogP contribution is 2.31. The van der Waals surface area contributed by atoms with Crippen LogP contribution < -0.4 is 10.6 Å². The number of thiophene rings is 1. The molecule has 1 aromatic carbocycles. The molecule has 0 unspecified atom stereocenters. The van der Waals surface area contributed by atoms with E-state index in [1.165, 1.54) is 11.3 Å². The topological polar surface area (TPSA) is 58.2 Å². The van der Waals surface area contributed by atoms with Gasteiger partial charge in [-0.15, -0.1) is 11.3 Å². The molecule has 4 nitrogen and oxygen atoms in total. The van der Waals surface area contributed by atoms with Gasteiger partial charge in [0.15, 0.2) is 0 Å². The van der Waals surface area contributed by atoms with Crippen LogP contribution in [0.5, 0.6) is 0 Å². The van der Waals surface area contributed by atoms with Gasteiger partial charge in [-0.1, -0.05) is 24.3 Å². The maximum absolute atomic E-state index is 12.4. The normalized spacial score (nSPS) is 15.0. The zero-order chi connectivity index (χ0) is 16.4. The van der Waals surface area contributed by atoms with Crippen LogP contribution in [0.4, 0.5) is 5.00 Å². The standard InChI is InChI=1S/C18H20N2O2S/c1-11-5-3-4-6-14(11)12(2)19-18(22)15-9-10-16(23-15)20-17(21)13-7-8-13/h3-6,9-10,12-13H,7-8H2,1-2H3,(H,19,22)(H,20,21)/t12-/m0/s1. The minimum Gasteiger partial charge on any atom is -0.345 e. The third-order valence-corrected chi connectivity index (χ3v) is 5.03. The van der Waals surface area contributed by atoms with E-state index in [4.69, 9.17) is 0 Å². The van der Waals surface area contributed by atoms with Gasteiger partial charge in [0.05, 0.1) is 15.9 Å². The van der Waals surface area contributed by atoms with Crippen LogP contribution in [0.15, 0.2) is 36.4 Å². The first-order chi connectivity index (χ1) is 11.0. The molecule has 0 bridgehead atoms. The molecular weight excluding hydrogens is 308 g/mol. The second-order valence-corrected chi connectivity index (χ2v) is 7.06. The molecule has 0 aliphatic heterocycles. The highest BCUT2D eigenvalue weighted by atomic mass is 32.1.